The van der Waals surface area contributed by atoms with Crippen LogP contribution >= 0.6 is 0 Å². The number of anilines is 3. The number of hydrogen-bond donors (Lipinski definition) is 2. The summed E-state index contributed by atoms with van der Waals surface area (Å²) in [5.41, 5.74) is 1.90. The van der Waals surface area contributed by atoms with Crippen LogP contribution in [0.2, 0.25) is 0 Å². The first-order valence-corrected chi connectivity index (χ1v) is 12.7. The normalized spacial score (nSPS) is 10.7. The first-order valence-electron chi connectivity index (χ1n) is 12.7. The average molecular weight is 537 g/mol. The molecule has 0 fully saturated rings. The molecule has 0 saturated heterocycles. The summed E-state index contributed by atoms with van der Waals surface area (Å²) >= 11 is 0. The van der Waals surface area contributed by atoms with E-state index in [-0.39, 0.29) is 24.2 Å². The van der Waals surface area contributed by atoms with Crippen molar-refractivity contribution < 1.29 is 24.2 Å². The Labute approximate surface area is 229 Å². The summed E-state index contributed by atoms with van der Waals surface area (Å²) in [4.78, 5) is 38.6. The lowest BCUT2D eigenvalue weighted by Gasteiger charge is -2.23. The van der Waals surface area contributed by atoms with Crippen LogP contribution in [0.3, 0.4) is 0 Å². The van der Waals surface area contributed by atoms with Crippen LogP contribution in [0.15, 0.2) is 54.7 Å². The maximum Gasteiger partial charge on any atom is 0.413 e. The predicted molar refractivity (Wildman–Crippen MR) is 150 cm³/mol. The molecule has 3 aromatic rings. The highest BCUT2D eigenvalue weighted by molar-refractivity contribution is 5.94. The number of hydrogen-bond acceptors (Lipinski definition) is 8. The Kier molecular flexibility index (Phi) is 10.4. The highest BCUT2D eigenvalue weighted by Gasteiger charge is 2.19. The number of amides is 2. The van der Waals surface area contributed by atoms with Crippen molar-refractivity contribution >= 4 is 29.5 Å². The van der Waals surface area contributed by atoms with Crippen molar-refractivity contribution in [1.82, 2.24) is 19.8 Å². The Balaban J connectivity index is 1.70. The third kappa shape index (κ3) is 8.05. The fourth-order valence-corrected chi connectivity index (χ4v) is 3.92. The molecule has 11 nitrogen and oxygen atoms in total. The second-order valence-corrected chi connectivity index (χ2v) is 8.78. The molecule has 0 saturated carbocycles. The standard InChI is InChI=1S/C28H36N6O5/c1-6-33(7-2)15-14-32(3)26(35)21-8-10-22(11-9-21)30-27-29-13-12-25(31-27)34(28(36)37)19-20-16-23(38-4)18-24(17-20)39-5/h8-13,16-18H,6-7,14-15,19H2,1-5H3,(H,36,37)(H,29,30,31). The third-order valence-electron chi connectivity index (χ3n) is 6.28. The number of aromatic nitrogens is 2. The van der Waals surface area contributed by atoms with E-state index in [0.29, 0.717) is 34.9 Å². The van der Waals surface area contributed by atoms with Gasteiger partial charge in [-0.25, -0.2) is 9.78 Å². The number of likely N-dealkylation sites (N-methyl/N-ethyl adjacent to an activating group) is 2. The molecular weight excluding hydrogens is 500 g/mol. The van der Waals surface area contributed by atoms with E-state index in [2.05, 4.69) is 34.0 Å². The number of carbonyl (C=O) groups is 2. The Morgan fingerprint density at radius 1 is 0.949 bits per heavy atom. The number of carbonyl (C=O) groups excluding carboxylic acids is 1. The SMILES string of the molecule is CCN(CC)CCN(C)C(=O)c1ccc(Nc2nccc(N(Cc3cc(OC)cc(OC)c3)C(=O)O)n2)cc1. The zero-order chi connectivity index (χ0) is 28.4. The van der Waals surface area contributed by atoms with Crippen molar-refractivity contribution in [2.24, 2.45) is 0 Å². The molecule has 1 aromatic heterocycles. The van der Waals surface area contributed by atoms with E-state index in [9.17, 15) is 14.7 Å². The first-order chi connectivity index (χ1) is 18.8. The number of nitrogens with one attached hydrogen (secondary N) is 1. The number of ether oxygens (including phenoxy) is 2. The summed E-state index contributed by atoms with van der Waals surface area (Å²) in [6, 6.07) is 13.7. The topological polar surface area (TPSA) is 120 Å². The van der Waals surface area contributed by atoms with Crippen molar-refractivity contribution in [1.29, 1.82) is 0 Å². The molecule has 0 spiro atoms. The van der Waals surface area contributed by atoms with Gasteiger partial charge in [-0.05, 0) is 61.1 Å². The number of nitrogens with zero attached hydrogens (tertiary/aromatic N) is 5. The maximum absolute atomic E-state index is 12.8. The molecule has 1 heterocycles. The van der Waals surface area contributed by atoms with Gasteiger partial charge in [-0.15, -0.1) is 0 Å². The van der Waals surface area contributed by atoms with Gasteiger partial charge in [0.15, 0.2) is 0 Å². The van der Waals surface area contributed by atoms with Gasteiger partial charge < -0.3 is 29.7 Å². The highest BCUT2D eigenvalue weighted by atomic mass is 16.5. The van der Waals surface area contributed by atoms with E-state index < -0.39 is 6.09 Å². The van der Waals surface area contributed by atoms with Crippen LogP contribution in [-0.4, -0.2) is 84.3 Å². The van der Waals surface area contributed by atoms with Gasteiger partial charge in [0.2, 0.25) is 5.95 Å². The largest absolute Gasteiger partial charge is 0.497 e. The maximum atomic E-state index is 12.8. The minimum atomic E-state index is -1.17. The fraction of sp³-hybridized carbons (Fsp3) is 0.357. The molecule has 0 unspecified atom stereocenters. The molecule has 2 aromatic carbocycles. The minimum Gasteiger partial charge on any atom is -0.497 e. The Hall–Kier alpha value is -4.38. The first kappa shape index (κ1) is 29.2. The summed E-state index contributed by atoms with van der Waals surface area (Å²) in [5, 5.41) is 13.0. The average Bonchev–Trinajstić information content (AvgIpc) is 2.96. The molecule has 0 bridgehead atoms. The van der Waals surface area contributed by atoms with Crippen LogP contribution in [0, 0.1) is 0 Å². The van der Waals surface area contributed by atoms with Crippen LogP contribution in [0.1, 0.15) is 29.8 Å². The molecule has 3 rings (SSSR count). The van der Waals surface area contributed by atoms with Crippen LogP contribution in [0.5, 0.6) is 11.5 Å². The van der Waals surface area contributed by atoms with Crippen molar-refractivity contribution in [2.75, 3.05) is 57.7 Å². The van der Waals surface area contributed by atoms with E-state index in [1.54, 1.807) is 54.4 Å². The van der Waals surface area contributed by atoms with Crippen LogP contribution < -0.4 is 19.7 Å². The lowest BCUT2D eigenvalue weighted by molar-refractivity contribution is 0.0779. The van der Waals surface area contributed by atoms with Gasteiger partial charge in [-0.3, -0.25) is 9.69 Å². The van der Waals surface area contributed by atoms with E-state index in [1.165, 1.54) is 26.5 Å². The van der Waals surface area contributed by atoms with Crippen LogP contribution in [0.25, 0.3) is 0 Å². The van der Waals surface area contributed by atoms with Gasteiger partial charge in [-0.1, -0.05) is 13.8 Å². The predicted octanol–water partition coefficient (Wildman–Crippen LogP) is 4.34. The Morgan fingerprint density at radius 2 is 1.59 bits per heavy atom. The van der Waals surface area contributed by atoms with Crippen LogP contribution in [-0.2, 0) is 6.54 Å². The quantitative estimate of drug-likeness (QED) is 0.329. The molecular formula is C28H36N6O5. The molecule has 208 valence electrons. The molecule has 2 amide bonds. The van der Waals surface area contributed by atoms with Crippen molar-refractivity contribution in [2.45, 2.75) is 20.4 Å². The van der Waals surface area contributed by atoms with Gasteiger partial charge in [0.25, 0.3) is 5.91 Å². The lowest BCUT2D eigenvalue weighted by atomic mass is 10.2. The van der Waals surface area contributed by atoms with E-state index in [4.69, 9.17) is 9.47 Å². The van der Waals surface area contributed by atoms with E-state index in [1.807, 2.05) is 0 Å². The highest BCUT2D eigenvalue weighted by Crippen LogP contribution is 2.25. The third-order valence-corrected chi connectivity index (χ3v) is 6.28. The molecule has 0 aliphatic carbocycles. The van der Waals surface area contributed by atoms with Crippen LogP contribution in [0.4, 0.5) is 22.2 Å². The van der Waals surface area contributed by atoms with E-state index in [0.717, 1.165) is 24.5 Å². The minimum absolute atomic E-state index is 0.0257. The zero-order valence-corrected chi connectivity index (χ0v) is 23.0. The van der Waals surface area contributed by atoms with Gasteiger partial charge in [-0.2, -0.15) is 4.98 Å². The molecule has 0 aliphatic heterocycles. The van der Waals surface area contributed by atoms with Gasteiger partial charge in [0, 0.05) is 43.7 Å². The van der Waals surface area contributed by atoms with Gasteiger partial charge in [0.1, 0.15) is 17.3 Å². The molecule has 2 N–H and O–H groups in total. The number of carboxylic acid groups (broad SMARTS) is 1. The summed E-state index contributed by atoms with van der Waals surface area (Å²) in [5.74, 6) is 1.47. The fourth-order valence-electron chi connectivity index (χ4n) is 3.92. The van der Waals surface area contributed by atoms with Crippen molar-refractivity contribution in [3.63, 3.8) is 0 Å². The Morgan fingerprint density at radius 3 is 2.15 bits per heavy atom. The summed E-state index contributed by atoms with van der Waals surface area (Å²) in [7, 11) is 4.86. The second kappa shape index (κ2) is 14.0. The number of benzene rings is 2. The van der Waals surface area contributed by atoms with Gasteiger partial charge in [0.05, 0.1) is 20.8 Å². The number of rotatable bonds is 13. The molecule has 11 heteroatoms. The van der Waals surface area contributed by atoms with Gasteiger partial charge >= 0.3 is 6.09 Å². The molecule has 0 radical (unpaired) electrons. The molecule has 39 heavy (non-hydrogen) atoms. The van der Waals surface area contributed by atoms with Crippen molar-refractivity contribution in [3.05, 3.63) is 65.9 Å². The second-order valence-electron chi connectivity index (χ2n) is 8.78. The van der Waals surface area contributed by atoms with Crippen molar-refractivity contribution in [3.8, 4) is 11.5 Å². The summed E-state index contributed by atoms with van der Waals surface area (Å²) in [6.07, 6.45) is 0.310. The molecule has 0 aliphatic rings. The zero-order valence-electron chi connectivity index (χ0n) is 23.0. The number of methoxy groups -OCH3 is 2. The molecule has 0 atom stereocenters. The summed E-state index contributed by atoms with van der Waals surface area (Å²) in [6.45, 7) is 7.59. The smallest absolute Gasteiger partial charge is 0.413 e. The Bertz CT molecular complexity index is 1230. The lowest BCUT2D eigenvalue weighted by Crippen LogP contribution is -2.36. The monoisotopic (exact) mass is 536 g/mol. The summed E-state index contributed by atoms with van der Waals surface area (Å²) < 4.78 is 10.6. The van der Waals surface area contributed by atoms with E-state index >= 15 is 0 Å².